The molecule has 1 rings (SSSR count). The summed E-state index contributed by atoms with van der Waals surface area (Å²) in [6, 6.07) is 7.69. The maximum Gasteiger partial charge on any atom is 0.241 e. The zero-order valence-electron chi connectivity index (χ0n) is 7.14. The van der Waals surface area contributed by atoms with Gasteiger partial charge >= 0.3 is 0 Å². The fraction of sp³-hybridized carbons (Fsp3) is 0.333. The molecule has 0 heterocycles. The smallest absolute Gasteiger partial charge is 0.241 e. The Bertz CT molecular complexity index is 281. The van der Waals surface area contributed by atoms with Crippen LogP contribution in [0.5, 0.6) is 0 Å². The molecule has 0 aromatic heterocycles. The summed E-state index contributed by atoms with van der Waals surface area (Å²) in [6.07, 6.45) is 0. The molecule has 0 unspecified atom stereocenters. The molecular weight excluding hydrogens is 383 g/mol. The van der Waals surface area contributed by atoms with Crippen molar-refractivity contribution in [2.24, 2.45) is 0 Å². The van der Waals surface area contributed by atoms with Crippen molar-refractivity contribution in [1.29, 1.82) is 0 Å². The molecule has 0 aliphatic carbocycles. The number of rotatable bonds is 4. The minimum atomic E-state index is -1.63. The molecule has 0 saturated heterocycles. The standard InChI is InChI=1S/C9H8Br3FO/c10-8-3-1-7(2-4-8)5-14-6-9(11,12)13/h1-4H,5-6H2. The van der Waals surface area contributed by atoms with Gasteiger partial charge in [0.05, 0.1) is 6.61 Å². The Kier molecular flexibility index (Phi) is 5.03. The lowest BCUT2D eigenvalue weighted by Gasteiger charge is -2.10. The molecule has 0 saturated carbocycles. The Morgan fingerprint density at radius 2 is 1.79 bits per heavy atom. The van der Waals surface area contributed by atoms with Crippen molar-refractivity contribution in [2.75, 3.05) is 6.61 Å². The molecule has 1 nitrogen and oxygen atoms in total. The molecule has 14 heavy (non-hydrogen) atoms. The molecule has 0 amide bonds. The lowest BCUT2D eigenvalue weighted by Crippen LogP contribution is -2.12. The van der Waals surface area contributed by atoms with E-state index in [1.54, 1.807) is 0 Å². The van der Waals surface area contributed by atoms with E-state index in [4.69, 9.17) is 4.74 Å². The highest BCUT2D eigenvalue weighted by Crippen LogP contribution is 2.28. The number of ether oxygens (including phenoxy) is 1. The van der Waals surface area contributed by atoms with Gasteiger partial charge in [-0.15, -0.1) is 0 Å². The molecule has 0 aliphatic heterocycles. The Labute approximate surface area is 107 Å². The SMILES string of the molecule is FC(Br)(Br)COCc1ccc(Br)cc1. The van der Waals surface area contributed by atoms with Crippen LogP contribution in [-0.2, 0) is 11.3 Å². The van der Waals surface area contributed by atoms with Gasteiger partial charge < -0.3 is 4.74 Å². The molecule has 0 atom stereocenters. The van der Waals surface area contributed by atoms with Gasteiger partial charge in [-0.25, -0.2) is 4.39 Å². The van der Waals surface area contributed by atoms with Crippen LogP contribution in [-0.4, -0.2) is 10.1 Å². The zero-order chi connectivity index (χ0) is 10.6. The zero-order valence-corrected chi connectivity index (χ0v) is 11.9. The molecular formula is C9H8Br3FO. The minimum Gasteiger partial charge on any atom is -0.372 e. The van der Waals surface area contributed by atoms with Gasteiger partial charge in [-0.3, -0.25) is 0 Å². The van der Waals surface area contributed by atoms with Crippen LogP contribution in [0, 0.1) is 0 Å². The normalized spacial score (nSPS) is 11.7. The van der Waals surface area contributed by atoms with Gasteiger partial charge in [0.1, 0.15) is 6.61 Å². The topological polar surface area (TPSA) is 9.23 Å². The van der Waals surface area contributed by atoms with E-state index in [9.17, 15) is 4.39 Å². The summed E-state index contributed by atoms with van der Waals surface area (Å²) < 4.78 is 17.4. The Hall–Kier alpha value is 0.550. The van der Waals surface area contributed by atoms with Gasteiger partial charge in [-0.1, -0.05) is 28.1 Å². The second kappa shape index (κ2) is 5.58. The highest BCUT2D eigenvalue weighted by molar-refractivity contribution is 9.25. The van der Waals surface area contributed by atoms with Crippen molar-refractivity contribution in [2.45, 2.75) is 10.1 Å². The molecule has 1 aromatic rings. The first-order valence-electron chi connectivity index (χ1n) is 3.86. The maximum atomic E-state index is 12.9. The summed E-state index contributed by atoms with van der Waals surface area (Å²) in [5.74, 6) is 0. The van der Waals surface area contributed by atoms with Crippen LogP contribution >= 0.6 is 47.8 Å². The fourth-order valence-corrected chi connectivity index (χ4v) is 1.45. The highest BCUT2D eigenvalue weighted by atomic mass is 79.9. The second-order valence-electron chi connectivity index (χ2n) is 2.73. The summed E-state index contributed by atoms with van der Waals surface area (Å²) in [5.41, 5.74) is 1.01. The van der Waals surface area contributed by atoms with Crippen molar-refractivity contribution in [1.82, 2.24) is 0 Å². The Morgan fingerprint density at radius 3 is 2.29 bits per heavy atom. The van der Waals surface area contributed by atoms with Gasteiger partial charge in [0.2, 0.25) is 3.49 Å². The van der Waals surface area contributed by atoms with Crippen molar-refractivity contribution >= 4 is 47.8 Å². The summed E-state index contributed by atoms with van der Waals surface area (Å²) in [5, 5.41) is 0. The van der Waals surface area contributed by atoms with Crippen molar-refractivity contribution in [3.8, 4) is 0 Å². The van der Waals surface area contributed by atoms with Crippen LogP contribution in [0.2, 0.25) is 0 Å². The van der Waals surface area contributed by atoms with Crippen molar-refractivity contribution in [3.05, 3.63) is 34.3 Å². The molecule has 0 N–H and O–H groups in total. The number of hydrogen-bond donors (Lipinski definition) is 0. The maximum absolute atomic E-state index is 12.9. The summed E-state index contributed by atoms with van der Waals surface area (Å²) in [4.78, 5) is 0. The molecule has 0 aliphatic rings. The quantitative estimate of drug-likeness (QED) is 0.693. The first kappa shape index (κ1) is 12.6. The van der Waals surface area contributed by atoms with E-state index in [1.807, 2.05) is 24.3 Å². The predicted octanol–water partition coefficient (Wildman–Crippen LogP) is 4.38. The number of benzene rings is 1. The van der Waals surface area contributed by atoms with E-state index in [2.05, 4.69) is 47.8 Å². The van der Waals surface area contributed by atoms with Crippen LogP contribution in [0.3, 0.4) is 0 Å². The Balaban J connectivity index is 2.35. The third-order valence-electron chi connectivity index (χ3n) is 1.45. The van der Waals surface area contributed by atoms with Crippen LogP contribution in [0.1, 0.15) is 5.56 Å². The van der Waals surface area contributed by atoms with E-state index in [0.717, 1.165) is 10.0 Å². The van der Waals surface area contributed by atoms with Crippen molar-refractivity contribution in [3.63, 3.8) is 0 Å². The van der Waals surface area contributed by atoms with Crippen molar-refractivity contribution < 1.29 is 9.13 Å². The van der Waals surface area contributed by atoms with Gasteiger partial charge in [0.15, 0.2) is 0 Å². The molecule has 0 spiro atoms. The van der Waals surface area contributed by atoms with E-state index in [-0.39, 0.29) is 6.61 Å². The average molecular weight is 391 g/mol. The molecule has 0 bridgehead atoms. The molecule has 0 radical (unpaired) electrons. The van der Waals surface area contributed by atoms with E-state index in [1.165, 1.54) is 0 Å². The third-order valence-corrected chi connectivity index (χ3v) is 2.43. The molecule has 5 heteroatoms. The van der Waals surface area contributed by atoms with Crippen LogP contribution < -0.4 is 0 Å². The number of halogens is 4. The second-order valence-corrected chi connectivity index (χ2v) is 7.23. The number of hydrogen-bond acceptors (Lipinski definition) is 1. The first-order chi connectivity index (χ1) is 6.47. The van der Waals surface area contributed by atoms with E-state index < -0.39 is 3.49 Å². The van der Waals surface area contributed by atoms with Crippen LogP contribution in [0.15, 0.2) is 28.7 Å². The lowest BCUT2D eigenvalue weighted by atomic mass is 10.2. The number of alkyl halides is 3. The molecule has 78 valence electrons. The first-order valence-corrected chi connectivity index (χ1v) is 6.24. The summed E-state index contributed by atoms with van der Waals surface area (Å²) in [7, 11) is 0. The van der Waals surface area contributed by atoms with Gasteiger partial charge in [0.25, 0.3) is 0 Å². The monoisotopic (exact) mass is 388 g/mol. The largest absolute Gasteiger partial charge is 0.372 e. The summed E-state index contributed by atoms with van der Waals surface area (Å²) >= 11 is 8.89. The van der Waals surface area contributed by atoms with Crippen LogP contribution in [0.25, 0.3) is 0 Å². The van der Waals surface area contributed by atoms with E-state index in [0.29, 0.717) is 6.61 Å². The van der Waals surface area contributed by atoms with Gasteiger partial charge in [-0.2, -0.15) is 0 Å². The highest BCUT2D eigenvalue weighted by Gasteiger charge is 2.20. The molecule has 1 aromatic carbocycles. The molecule has 0 fully saturated rings. The van der Waals surface area contributed by atoms with Gasteiger partial charge in [-0.05, 0) is 49.6 Å². The fourth-order valence-electron chi connectivity index (χ4n) is 0.865. The van der Waals surface area contributed by atoms with Gasteiger partial charge in [0, 0.05) is 4.47 Å². The van der Waals surface area contributed by atoms with E-state index >= 15 is 0 Å². The predicted molar refractivity (Wildman–Crippen MR) is 65.5 cm³/mol. The lowest BCUT2D eigenvalue weighted by molar-refractivity contribution is 0.0912. The average Bonchev–Trinajstić information content (AvgIpc) is 2.06. The minimum absolute atomic E-state index is 0.0386. The van der Waals surface area contributed by atoms with Crippen LogP contribution in [0.4, 0.5) is 4.39 Å². The summed E-state index contributed by atoms with van der Waals surface area (Å²) in [6.45, 7) is 0.360. The Morgan fingerprint density at radius 1 is 1.21 bits per heavy atom. The third kappa shape index (κ3) is 5.44.